The molecule has 0 saturated carbocycles. The molecule has 1 amide bonds. The Bertz CT molecular complexity index is 391. The highest BCUT2D eigenvalue weighted by Crippen LogP contribution is 2.01. The molecule has 1 N–H and O–H groups in total. The Morgan fingerprint density at radius 3 is 3.00 bits per heavy atom. The molecule has 98 valence electrons. The quantitative estimate of drug-likeness (QED) is 0.816. The van der Waals surface area contributed by atoms with Crippen molar-refractivity contribution in [3.8, 4) is 0 Å². The van der Waals surface area contributed by atoms with Crippen LogP contribution in [0.1, 0.15) is 12.2 Å². The normalized spacial score (nSPS) is 16.4. The molecule has 1 fully saturated rings. The fraction of sp³-hybridized carbons (Fsp3) is 0.545. The van der Waals surface area contributed by atoms with E-state index in [-0.39, 0.29) is 5.91 Å². The highest BCUT2D eigenvalue weighted by atomic mass is 19.1. The average Bonchev–Trinajstić information content (AvgIpc) is 2.66. The number of aromatic nitrogens is 2. The smallest absolute Gasteiger partial charge is 0.237 e. The van der Waals surface area contributed by atoms with E-state index in [4.69, 9.17) is 4.74 Å². The van der Waals surface area contributed by atoms with E-state index in [1.807, 2.05) is 0 Å². The Morgan fingerprint density at radius 2 is 2.22 bits per heavy atom. The molecule has 18 heavy (non-hydrogen) atoms. The Balaban J connectivity index is 1.81. The van der Waals surface area contributed by atoms with Gasteiger partial charge in [0.1, 0.15) is 5.82 Å². The summed E-state index contributed by atoms with van der Waals surface area (Å²) in [4.78, 5) is 19.5. The molecular formula is C11H15FN4O2. The lowest BCUT2D eigenvalue weighted by Gasteiger charge is -2.19. The predicted octanol–water partition coefficient (Wildman–Crippen LogP) is -0.0883. The van der Waals surface area contributed by atoms with E-state index in [2.05, 4.69) is 15.4 Å². The van der Waals surface area contributed by atoms with Crippen LogP contribution in [0, 0.1) is 5.82 Å². The van der Waals surface area contributed by atoms with Gasteiger partial charge in [-0.15, -0.1) is 0 Å². The number of rotatable bonds is 3. The molecule has 6 nitrogen and oxygen atoms in total. The van der Waals surface area contributed by atoms with Crippen LogP contribution in [-0.2, 0) is 16.0 Å². The van der Waals surface area contributed by atoms with Crippen molar-refractivity contribution < 1.29 is 13.9 Å². The van der Waals surface area contributed by atoms with Crippen LogP contribution in [0.2, 0.25) is 0 Å². The highest BCUT2D eigenvalue weighted by molar-refractivity contribution is 5.75. The number of aryl methyl sites for hydroxylation is 1. The summed E-state index contributed by atoms with van der Waals surface area (Å²) in [7, 11) is 0. The third-order valence-electron chi connectivity index (χ3n) is 2.55. The molecule has 0 atom stereocenters. The first-order chi connectivity index (χ1) is 8.75. The van der Waals surface area contributed by atoms with E-state index >= 15 is 0 Å². The number of carbonyl (C=O) groups excluding carboxylic acids is 1. The van der Waals surface area contributed by atoms with Gasteiger partial charge in [0.25, 0.3) is 0 Å². The minimum Gasteiger partial charge on any atom is -0.378 e. The minimum atomic E-state index is -0.476. The van der Waals surface area contributed by atoms with Gasteiger partial charge in [-0.1, -0.05) is 0 Å². The van der Waals surface area contributed by atoms with Crippen molar-refractivity contribution in [1.29, 1.82) is 0 Å². The molecular weight excluding hydrogens is 239 g/mol. The number of nitrogens with zero attached hydrogens (tertiary/aromatic N) is 3. The fourth-order valence-electron chi connectivity index (χ4n) is 1.62. The fourth-order valence-corrected chi connectivity index (χ4v) is 1.62. The van der Waals surface area contributed by atoms with Gasteiger partial charge in [-0.3, -0.25) is 9.80 Å². The van der Waals surface area contributed by atoms with E-state index in [1.165, 1.54) is 0 Å². The van der Waals surface area contributed by atoms with E-state index in [0.29, 0.717) is 45.0 Å². The van der Waals surface area contributed by atoms with E-state index < -0.39 is 5.82 Å². The summed E-state index contributed by atoms with van der Waals surface area (Å²) in [5.74, 6) is -0.0411. The summed E-state index contributed by atoms with van der Waals surface area (Å²) in [5.41, 5.74) is 2.98. The van der Waals surface area contributed by atoms with E-state index in [9.17, 15) is 9.18 Å². The van der Waals surface area contributed by atoms with Crippen LogP contribution in [0.3, 0.4) is 0 Å². The maximum absolute atomic E-state index is 12.6. The number of hydrogen-bond donors (Lipinski definition) is 1. The van der Waals surface area contributed by atoms with Crippen molar-refractivity contribution >= 4 is 5.91 Å². The number of hydrazine groups is 1. The van der Waals surface area contributed by atoms with Crippen molar-refractivity contribution in [2.75, 3.05) is 26.3 Å². The zero-order chi connectivity index (χ0) is 12.8. The van der Waals surface area contributed by atoms with Gasteiger partial charge in [-0.05, 0) is 0 Å². The molecule has 0 bridgehead atoms. The Labute approximate surface area is 104 Å². The van der Waals surface area contributed by atoms with Gasteiger partial charge in [0.05, 0.1) is 32.2 Å². The summed E-state index contributed by atoms with van der Waals surface area (Å²) >= 11 is 0. The van der Waals surface area contributed by atoms with Gasteiger partial charge in [0.2, 0.25) is 5.91 Å². The van der Waals surface area contributed by atoms with E-state index in [1.54, 1.807) is 5.01 Å². The number of amides is 1. The number of halogens is 1. The van der Waals surface area contributed by atoms with Gasteiger partial charge in [0, 0.05) is 19.4 Å². The molecule has 1 aromatic rings. The lowest BCUT2D eigenvalue weighted by atomic mass is 10.2. The zero-order valence-corrected chi connectivity index (χ0v) is 9.93. The number of nitrogens with one attached hydrogen (secondary N) is 1. The molecule has 0 radical (unpaired) electrons. The minimum absolute atomic E-state index is 0.0339. The first-order valence-corrected chi connectivity index (χ1v) is 5.84. The molecule has 0 aromatic carbocycles. The van der Waals surface area contributed by atoms with Crippen molar-refractivity contribution in [2.24, 2.45) is 0 Å². The largest absolute Gasteiger partial charge is 0.378 e. The van der Waals surface area contributed by atoms with Crippen LogP contribution in [0.15, 0.2) is 12.4 Å². The van der Waals surface area contributed by atoms with Crippen molar-refractivity contribution in [1.82, 2.24) is 20.4 Å². The van der Waals surface area contributed by atoms with Gasteiger partial charge in [-0.25, -0.2) is 19.8 Å². The van der Waals surface area contributed by atoms with Crippen LogP contribution >= 0.6 is 0 Å². The molecule has 2 rings (SSSR count). The summed E-state index contributed by atoms with van der Waals surface area (Å²) in [6, 6.07) is 0. The molecule has 0 aliphatic carbocycles. The SMILES string of the molecule is O=C(CCc1ncc(F)cn1)N1CCOCCN1. The Kier molecular flexibility index (Phi) is 4.54. The summed E-state index contributed by atoms with van der Waals surface area (Å²) in [6.45, 7) is 2.29. The van der Waals surface area contributed by atoms with Crippen molar-refractivity contribution in [2.45, 2.75) is 12.8 Å². The Hall–Kier alpha value is -1.60. The first kappa shape index (κ1) is 12.8. The predicted molar refractivity (Wildman–Crippen MR) is 60.8 cm³/mol. The lowest BCUT2D eigenvalue weighted by Crippen LogP contribution is -2.43. The topological polar surface area (TPSA) is 67.4 Å². The second-order valence-electron chi connectivity index (χ2n) is 3.88. The van der Waals surface area contributed by atoms with Gasteiger partial charge in [-0.2, -0.15) is 0 Å². The molecule has 1 aliphatic rings. The van der Waals surface area contributed by atoms with Crippen LogP contribution in [0.25, 0.3) is 0 Å². The first-order valence-electron chi connectivity index (χ1n) is 5.84. The van der Waals surface area contributed by atoms with E-state index in [0.717, 1.165) is 12.4 Å². The van der Waals surface area contributed by atoms with Crippen LogP contribution in [0.5, 0.6) is 0 Å². The van der Waals surface area contributed by atoms with Crippen molar-refractivity contribution in [3.63, 3.8) is 0 Å². The average molecular weight is 254 g/mol. The van der Waals surface area contributed by atoms with Crippen LogP contribution < -0.4 is 5.43 Å². The van der Waals surface area contributed by atoms with Crippen LogP contribution in [-0.4, -0.2) is 47.2 Å². The third-order valence-corrected chi connectivity index (χ3v) is 2.55. The molecule has 0 spiro atoms. The molecule has 0 unspecified atom stereocenters. The third kappa shape index (κ3) is 3.71. The zero-order valence-electron chi connectivity index (χ0n) is 9.93. The highest BCUT2D eigenvalue weighted by Gasteiger charge is 2.15. The second-order valence-corrected chi connectivity index (χ2v) is 3.88. The molecule has 1 aliphatic heterocycles. The number of carbonyl (C=O) groups is 1. The molecule has 1 aromatic heterocycles. The van der Waals surface area contributed by atoms with Gasteiger partial charge < -0.3 is 4.74 Å². The van der Waals surface area contributed by atoms with Crippen LogP contribution in [0.4, 0.5) is 4.39 Å². The standard InChI is InChI=1S/C11H15FN4O2/c12-9-7-13-10(14-8-9)1-2-11(17)16-4-6-18-5-3-15-16/h7-8,15H,1-6H2. The number of hydrogen-bond acceptors (Lipinski definition) is 5. The molecule has 2 heterocycles. The molecule has 1 saturated heterocycles. The molecule has 7 heteroatoms. The van der Waals surface area contributed by atoms with Gasteiger partial charge >= 0.3 is 0 Å². The van der Waals surface area contributed by atoms with Gasteiger partial charge in [0.15, 0.2) is 5.82 Å². The summed E-state index contributed by atoms with van der Waals surface area (Å²) < 4.78 is 17.8. The maximum Gasteiger partial charge on any atom is 0.237 e. The number of ether oxygens (including phenoxy) is 1. The monoisotopic (exact) mass is 254 g/mol. The Morgan fingerprint density at radius 1 is 1.44 bits per heavy atom. The summed E-state index contributed by atoms with van der Waals surface area (Å²) in [5, 5.41) is 1.55. The maximum atomic E-state index is 12.6. The second kappa shape index (κ2) is 6.36. The summed E-state index contributed by atoms with van der Waals surface area (Å²) in [6.07, 6.45) is 2.90. The van der Waals surface area contributed by atoms with Crippen molar-refractivity contribution in [3.05, 3.63) is 24.0 Å². The lowest BCUT2D eigenvalue weighted by molar-refractivity contribution is -0.134.